The van der Waals surface area contributed by atoms with Crippen LogP contribution in [0, 0.1) is 5.92 Å². The van der Waals surface area contributed by atoms with E-state index in [1.54, 1.807) is 12.4 Å². The fourth-order valence-corrected chi connectivity index (χ4v) is 4.26. The Morgan fingerprint density at radius 3 is 2.67 bits per heavy atom. The Balaban J connectivity index is 1.38. The van der Waals surface area contributed by atoms with E-state index >= 15 is 0 Å². The first-order chi connectivity index (χ1) is 13.3. The van der Waals surface area contributed by atoms with Gasteiger partial charge in [0, 0.05) is 43.0 Å². The Labute approximate surface area is 157 Å². The van der Waals surface area contributed by atoms with Crippen LogP contribution >= 0.6 is 0 Å². The molecule has 3 aromatic rings. The van der Waals surface area contributed by atoms with Crippen molar-refractivity contribution in [1.82, 2.24) is 25.7 Å². The van der Waals surface area contributed by atoms with Gasteiger partial charge in [-0.15, -0.1) is 0 Å². The zero-order chi connectivity index (χ0) is 18.2. The number of fused-ring (bicyclic) bond motifs is 2. The number of amides is 1. The highest BCUT2D eigenvalue weighted by Crippen LogP contribution is 2.34. The van der Waals surface area contributed by atoms with E-state index in [1.807, 2.05) is 29.2 Å². The highest BCUT2D eigenvalue weighted by molar-refractivity contribution is 5.97. The summed E-state index contributed by atoms with van der Waals surface area (Å²) in [4.78, 5) is 23.7. The number of benzene rings is 2. The predicted octanol–water partition coefficient (Wildman–Crippen LogP) is 2.31. The summed E-state index contributed by atoms with van der Waals surface area (Å²) in [5.41, 5.74) is 10.4. The first-order valence-corrected chi connectivity index (χ1v) is 9.36. The number of piperidine rings is 1. The van der Waals surface area contributed by atoms with Crippen LogP contribution in [0.1, 0.15) is 28.4 Å². The van der Waals surface area contributed by atoms with Gasteiger partial charge in [-0.1, -0.05) is 30.3 Å². The van der Waals surface area contributed by atoms with E-state index in [2.05, 4.69) is 45.1 Å². The van der Waals surface area contributed by atoms with Crippen LogP contribution in [-0.2, 0) is 0 Å². The third-order valence-electron chi connectivity index (χ3n) is 5.67. The standard InChI is InChI=1S/C21H21N5O/c27-21(15-6-7-18-19(12-15)23-10-9-22-18)26-11-8-17-16(13-26)20(25-24-17)14-4-2-1-3-5-14/h1-7,9-10,12,16-17,20,24-25H,8,11,13H2. The highest BCUT2D eigenvalue weighted by Gasteiger charge is 2.41. The van der Waals surface area contributed by atoms with E-state index in [0.29, 0.717) is 17.5 Å². The molecule has 2 aliphatic rings. The summed E-state index contributed by atoms with van der Waals surface area (Å²) in [6.07, 6.45) is 4.26. The summed E-state index contributed by atoms with van der Waals surface area (Å²) >= 11 is 0. The lowest BCUT2D eigenvalue weighted by atomic mass is 9.85. The number of nitrogens with one attached hydrogen (secondary N) is 2. The van der Waals surface area contributed by atoms with Crippen molar-refractivity contribution in [3.8, 4) is 0 Å². The van der Waals surface area contributed by atoms with Crippen molar-refractivity contribution in [1.29, 1.82) is 0 Å². The first kappa shape index (κ1) is 16.4. The summed E-state index contributed by atoms with van der Waals surface area (Å²) in [6.45, 7) is 1.50. The van der Waals surface area contributed by atoms with Crippen LogP contribution in [0.4, 0.5) is 0 Å². The number of hydrogen-bond donors (Lipinski definition) is 2. The van der Waals surface area contributed by atoms with E-state index in [1.165, 1.54) is 5.56 Å². The van der Waals surface area contributed by atoms with E-state index in [-0.39, 0.29) is 11.9 Å². The molecule has 3 atom stereocenters. The maximum Gasteiger partial charge on any atom is 0.253 e. The molecule has 2 saturated heterocycles. The molecule has 2 aromatic carbocycles. The SMILES string of the molecule is O=C(c1ccc2nccnc2c1)N1CCC2NNC(c3ccccc3)C2C1. The number of carbonyl (C=O) groups excluding carboxylic acids is 1. The molecule has 6 heteroatoms. The van der Waals surface area contributed by atoms with Gasteiger partial charge in [0.05, 0.1) is 17.1 Å². The lowest BCUT2D eigenvalue weighted by Gasteiger charge is -2.36. The highest BCUT2D eigenvalue weighted by atomic mass is 16.2. The number of carbonyl (C=O) groups is 1. The summed E-state index contributed by atoms with van der Waals surface area (Å²) < 4.78 is 0. The molecule has 0 radical (unpaired) electrons. The van der Waals surface area contributed by atoms with Gasteiger partial charge in [0.2, 0.25) is 0 Å². The smallest absolute Gasteiger partial charge is 0.253 e. The van der Waals surface area contributed by atoms with Gasteiger partial charge in [-0.25, -0.2) is 5.43 Å². The van der Waals surface area contributed by atoms with Crippen LogP contribution < -0.4 is 10.9 Å². The Bertz CT molecular complexity index is 976. The Morgan fingerprint density at radius 2 is 1.81 bits per heavy atom. The summed E-state index contributed by atoms with van der Waals surface area (Å²) in [7, 11) is 0. The molecule has 0 aliphatic carbocycles. The van der Waals surface area contributed by atoms with Crippen LogP contribution in [0.5, 0.6) is 0 Å². The second kappa shape index (κ2) is 6.72. The molecule has 2 fully saturated rings. The minimum Gasteiger partial charge on any atom is -0.338 e. The maximum absolute atomic E-state index is 13.1. The zero-order valence-electron chi connectivity index (χ0n) is 14.9. The fraction of sp³-hybridized carbons (Fsp3) is 0.286. The molecule has 136 valence electrons. The molecular formula is C21H21N5O. The van der Waals surface area contributed by atoms with Gasteiger partial charge in [-0.05, 0) is 30.2 Å². The lowest BCUT2D eigenvalue weighted by Crippen LogP contribution is -2.47. The van der Waals surface area contributed by atoms with Gasteiger partial charge >= 0.3 is 0 Å². The Morgan fingerprint density at radius 1 is 1.00 bits per heavy atom. The molecular weight excluding hydrogens is 338 g/mol. The summed E-state index contributed by atoms with van der Waals surface area (Å²) in [5, 5.41) is 0. The average molecular weight is 359 g/mol. The fourth-order valence-electron chi connectivity index (χ4n) is 4.26. The van der Waals surface area contributed by atoms with Crippen LogP contribution in [0.3, 0.4) is 0 Å². The molecule has 5 rings (SSSR count). The van der Waals surface area contributed by atoms with Crippen molar-refractivity contribution < 1.29 is 4.79 Å². The van der Waals surface area contributed by atoms with Crippen LogP contribution in [0.2, 0.25) is 0 Å². The van der Waals surface area contributed by atoms with Crippen LogP contribution in [0.25, 0.3) is 11.0 Å². The molecule has 0 saturated carbocycles. The van der Waals surface area contributed by atoms with Crippen LogP contribution in [0.15, 0.2) is 60.9 Å². The third kappa shape index (κ3) is 2.97. The van der Waals surface area contributed by atoms with Gasteiger partial charge in [-0.3, -0.25) is 20.2 Å². The van der Waals surface area contributed by atoms with Crippen molar-refractivity contribution in [3.63, 3.8) is 0 Å². The molecule has 6 nitrogen and oxygen atoms in total. The zero-order valence-corrected chi connectivity index (χ0v) is 14.9. The van der Waals surface area contributed by atoms with Crippen molar-refractivity contribution >= 4 is 16.9 Å². The van der Waals surface area contributed by atoms with Gasteiger partial charge < -0.3 is 4.90 Å². The summed E-state index contributed by atoms with van der Waals surface area (Å²) in [5.74, 6) is 0.421. The van der Waals surface area contributed by atoms with Crippen LogP contribution in [-0.4, -0.2) is 39.9 Å². The van der Waals surface area contributed by atoms with Crippen molar-refractivity contribution in [2.24, 2.45) is 5.92 Å². The predicted molar refractivity (Wildman–Crippen MR) is 103 cm³/mol. The minimum absolute atomic E-state index is 0.0692. The number of nitrogens with zero attached hydrogens (tertiary/aromatic N) is 3. The molecule has 1 amide bonds. The number of aromatic nitrogens is 2. The van der Waals surface area contributed by atoms with E-state index in [9.17, 15) is 4.79 Å². The molecule has 3 unspecified atom stereocenters. The van der Waals surface area contributed by atoms with Crippen molar-refractivity contribution in [3.05, 3.63) is 72.1 Å². The van der Waals surface area contributed by atoms with Gasteiger partial charge in [-0.2, -0.15) is 0 Å². The van der Waals surface area contributed by atoms with E-state index in [4.69, 9.17) is 0 Å². The number of hydrazine groups is 1. The minimum atomic E-state index is 0.0692. The molecule has 0 bridgehead atoms. The Hall–Kier alpha value is -2.83. The molecule has 27 heavy (non-hydrogen) atoms. The molecule has 1 aromatic heterocycles. The molecule has 3 heterocycles. The van der Waals surface area contributed by atoms with Crippen molar-refractivity contribution in [2.45, 2.75) is 18.5 Å². The average Bonchev–Trinajstić information content (AvgIpc) is 3.17. The first-order valence-electron chi connectivity index (χ1n) is 9.36. The molecule has 0 spiro atoms. The second-order valence-electron chi connectivity index (χ2n) is 7.25. The topological polar surface area (TPSA) is 70.2 Å². The monoisotopic (exact) mass is 359 g/mol. The largest absolute Gasteiger partial charge is 0.338 e. The van der Waals surface area contributed by atoms with Crippen molar-refractivity contribution in [2.75, 3.05) is 13.1 Å². The van der Waals surface area contributed by atoms with E-state index in [0.717, 1.165) is 30.5 Å². The third-order valence-corrected chi connectivity index (χ3v) is 5.67. The molecule has 2 aliphatic heterocycles. The second-order valence-corrected chi connectivity index (χ2v) is 7.25. The summed E-state index contributed by atoms with van der Waals surface area (Å²) in [6, 6.07) is 16.6. The van der Waals surface area contributed by atoms with E-state index < -0.39 is 0 Å². The number of likely N-dealkylation sites (tertiary alicyclic amines) is 1. The van der Waals surface area contributed by atoms with Gasteiger partial charge in [0.25, 0.3) is 5.91 Å². The molecule has 2 N–H and O–H groups in total. The lowest BCUT2D eigenvalue weighted by molar-refractivity contribution is 0.0652. The quantitative estimate of drug-likeness (QED) is 0.735. The van der Waals surface area contributed by atoms with Gasteiger partial charge in [0.15, 0.2) is 0 Å². The Kier molecular flexibility index (Phi) is 4.07. The number of rotatable bonds is 2. The normalized spacial score (nSPS) is 24.7. The number of hydrogen-bond acceptors (Lipinski definition) is 5. The van der Waals surface area contributed by atoms with Gasteiger partial charge in [0.1, 0.15) is 0 Å². The maximum atomic E-state index is 13.1.